The minimum Gasteiger partial charge on any atom is -0.370 e. The van der Waals surface area contributed by atoms with Gasteiger partial charge >= 0.3 is 0 Å². The molecule has 0 spiro atoms. The lowest BCUT2D eigenvalue weighted by Crippen LogP contribution is -1.99. The standard InChI is InChI=1S/C11H11FN2/c1-2-13-11-9-4-3-5-10(12)8(9)6-7-14-11/h3-7H,2H2,1H3,(H,13,14). The zero-order chi connectivity index (χ0) is 9.97. The number of nitrogens with one attached hydrogen (secondary N) is 1. The van der Waals surface area contributed by atoms with Crippen molar-refractivity contribution in [3.05, 3.63) is 36.3 Å². The number of hydrogen-bond donors (Lipinski definition) is 1. The van der Waals surface area contributed by atoms with Crippen LogP contribution in [-0.2, 0) is 0 Å². The smallest absolute Gasteiger partial charge is 0.133 e. The highest BCUT2D eigenvalue weighted by molar-refractivity contribution is 5.92. The van der Waals surface area contributed by atoms with Gasteiger partial charge in [0, 0.05) is 23.5 Å². The van der Waals surface area contributed by atoms with E-state index in [1.54, 1.807) is 18.3 Å². The third-order valence-electron chi connectivity index (χ3n) is 2.10. The highest BCUT2D eigenvalue weighted by atomic mass is 19.1. The Morgan fingerprint density at radius 3 is 2.93 bits per heavy atom. The van der Waals surface area contributed by atoms with Crippen molar-refractivity contribution in [2.75, 3.05) is 11.9 Å². The molecular weight excluding hydrogens is 179 g/mol. The van der Waals surface area contributed by atoms with Crippen LogP contribution in [0, 0.1) is 5.82 Å². The van der Waals surface area contributed by atoms with Gasteiger partial charge in [0.15, 0.2) is 0 Å². The van der Waals surface area contributed by atoms with Crippen LogP contribution in [0.2, 0.25) is 0 Å². The highest BCUT2D eigenvalue weighted by Gasteiger charge is 2.03. The topological polar surface area (TPSA) is 24.9 Å². The summed E-state index contributed by atoms with van der Waals surface area (Å²) in [6.45, 7) is 2.77. The average Bonchev–Trinajstić information content (AvgIpc) is 2.20. The normalized spacial score (nSPS) is 10.4. The van der Waals surface area contributed by atoms with Gasteiger partial charge in [-0.1, -0.05) is 12.1 Å². The zero-order valence-electron chi connectivity index (χ0n) is 7.92. The molecule has 0 aliphatic rings. The van der Waals surface area contributed by atoms with Gasteiger partial charge in [-0.05, 0) is 19.1 Å². The van der Waals surface area contributed by atoms with Crippen LogP contribution in [0.15, 0.2) is 30.5 Å². The molecule has 0 aliphatic heterocycles. The summed E-state index contributed by atoms with van der Waals surface area (Å²) in [6, 6.07) is 6.70. The molecule has 1 aromatic heterocycles. The van der Waals surface area contributed by atoms with E-state index in [9.17, 15) is 4.39 Å². The lowest BCUT2D eigenvalue weighted by atomic mass is 10.1. The maximum absolute atomic E-state index is 13.4. The minimum atomic E-state index is -0.205. The average molecular weight is 190 g/mol. The lowest BCUT2D eigenvalue weighted by molar-refractivity contribution is 0.640. The molecule has 1 aromatic carbocycles. The third kappa shape index (κ3) is 1.41. The van der Waals surface area contributed by atoms with Crippen molar-refractivity contribution in [2.45, 2.75) is 6.92 Å². The molecule has 0 atom stereocenters. The number of rotatable bonds is 2. The van der Waals surface area contributed by atoms with Gasteiger partial charge in [-0.25, -0.2) is 9.37 Å². The van der Waals surface area contributed by atoms with Crippen molar-refractivity contribution in [3.8, 4) is 0 Å². The number of nitrogens with zero attached hydrogens (tertiary/aromatic N) is 1. The van der Waals surface area contributed by atoms with Crippen molar-refractivity contribution >= 4 is 16.6 Å². The minimum absolute atomic E-state index is 0.205. The largest absolute Gasteiger partial charge is 0.370 e. The van der Waals surface area contributed by atoms with E-state index in [-0.39, 0.29) is 5.82 Å². The van der Waals surface area contributed by atoms with E-state index in [0.717, 1.165) is 17.7 Å². The molecule has 72 valence electrons. The number of hydrogen-bond acceptors (Lipinski definition) is 2. The lowest BCUT2D eigenvalue weighted by Gasteiger charge is -2.06. The zero-order valence-corrected chi connectivity index (χ0v) is 7.92. The summed E-state index contributed by atoms with van der Waals surface area (Å²) in [5, 5.41) is 4.54. The van der Waals surface area contributed by atoms with Gasteiger partial charge in [-0.2, -0.15) is 0 Å². The molecule has 1 N–H and O–H groups in total. The number of aromatic nitrogens is 1. The van der Waals surface area contributed by atoms with E-state index in [2.05, 4.69) is 10.3 Å². The molecule has 0 saturated heterocycles. The van der Waals surface area contributed by atoms with Crippen molar-refractivity contribution in [1.29, 1.82) is 0 Å². The number of halogens is 1. The second-order valence-electron chi connectivity index (χ2n) is 3.02. The molecule has 0 fully saturated rings. The van der Waals surface area contributed by atoms with E-state index in [1.807, 2.05) is 13.0 Å². The molecule has 0 amide bonds. The fourth-order valence-corrected chi connectivity index (χ4v) is 1.48. The molecule has 0 bridgehead atoms. The summed E-state index contributed by atoms with van der Waals surface area (Å²) in [5.74, 6) is 0.536. The Balaban J connectivity index is 2.68. The first-order valence-corrected chi connectivity index (χ1v) is 4.60. The monoisotopic (exact) mass is 190 g/mol. The molecule has 0 saturated carbocycles. The first-order chi connectivity index (χ1) is 6.83. The van der Waals surface area contributed by atoms with Gasteiger partial charge in [-0.3, -0.25) is 0 Å². The van der Waals surface area contributed by atoms with Gasteiger partial charge in [0.2, 0.25) is 0 Å². The molecule has 14 heavy (non-hydrogen) atoms. The van der Waals surface area contributed by atoms with Crippen molar-refractivity contribution in [3.63, 3.8) is 0 Å². The van der Waals surface area contributed by atoms with Gasteiger partial charge < -0.3 is 5.32 Å². The fraction of sp³-hybridized carbons (Fsp3) is 0.182. The van der Waals surface area contributed by atoms with Gasteiger partial charge in [0.1, 0.15) is 11.6 Å². The summed E-state index contributed by atoms with van der Waals surface area (Å²) in [5.41, 5.74) is 0. The number of pyridine rings is 1. The predicted molar refractivity (Wildman–Crippen MR) is 55.9 cm³/mol. The Morgan fingerprint density at radius 2 is 2.14 bits per heavy atom. The van der Waals surface area contributed by atoms with E-state index in [4.69, 9.17) is 0 Å². The summed E-state index contributed by atoms with van der Waals surface area (Å²) >= 11 is 0. The van der Waals surface area contributed by atoms with Crippen molar-refractivity contribution in [1.82, 2.24) is 4.98 Å². The van der Waals surface area contributed by atoms with Crippen LogP contribution in [0.25, 0.3) is 10.8 Å². The number of benzene rings is 1. The van der Waals surface area contributed by atoms with Crippen LogP contribution in [-0.4, -0.2) is 11.5 Å². The van der Waals surface area contributed by atoms with Crippen molar-refractivity contribution in [2.24, 2.45) is 0 Å². The maximum Gasteiger partial charge on any atom is 0.133 e. The highest BCUT2D eigenvalue weighted by Crippen LogP contribution is 2.22. The fourth-order valence-electron chi connectivity index (χ4n) is 1.48. The van der Waals surface area contributed by atoms with Crippen LogP contribution < -0.4 is 5.32 Å². The van der Waals surface area contributed by atoms with E-state index < -0.39 is 0 Å². The summed E-state index contributed by atoms with van der Waals surface area (Å²) in [4.78, 5) is 4.16. The molecule has 2 nitrogen and oxygen atoms in total. The summed E-state index contributed by atoms with van der Waals surface area (Å²) in [6.07, 6.45) is 1.61. The molecule has 2 aromatic rings. The SMILES string of the molecule is CCNc1nccc2c(F)cccc12. The van der Waals surface area contributed by atoms with Crippen LogP contribution in [0.5, 0.6) is 0 Å². The van der Waals surface area contributed by atoms with Gasteiger partial charge in [0.05, 0.1) is 0 Å². The Morgan fingerprint density at radius 1 is 1.29 bits per heavy atom. The molecule has 0 unspecified atom stereocenters. The Labute approximate surface area is 81.8 Å². The first kappa shape index (κ1) is 8.94. The molecule has 2 rings (SSSR count). The Bertz CT molecular complexity index is 454. The molecule has 3 heteroatoms. The Kier molecular flexibility index (Phi) is 2.31. The molecule has 0 radical (unpaired) electrons. The Hall–Kier alpha value is -1.64. The van der Waals surface area contributed by atoms with Crippen LogP contribution in [0.3, 0.4) is 0 Å². The first-order valence-electron chi connectivity index (χ1n) is 4.60. The molecule has 0 aliphatic carbocycles. The van der Waals surface area contributed by atoms with E-state index >= 15 is 0 Å². The second kappa shape index (κ2) is 3.62. The number of fused-ring (bicyclic) bond motifs is 1. The summed E-state index contributed by atoms with van der Waals surface area (Å²) in [7, 11) is 0. The van der Waals surface area contributed by atoms with Gasteiger partial charge in [-0.15, -0.1) is 0 Å². The van der Waals surface area contributed by atoms with E-state index in [0.29, 0.717) is 5.39 Å². The molecule has 1 heterocycles. The third-order valence-corrected chi connectivity index (χ3v) is 2.10. The van der Waals surface area contributed by atoms with Crippen LogP contribution >= 0.6 is 0 Å². The predicted octanol–water partition coefficient (Wildman–Crippen LogP) is 2.81. The van der Waals surface area contributed by atoms with Crippen LogP contribution in [0.4, 0.5) is 10.2 Å². The second-order valence-corrected chi connectivity index (χ2v) is 3.02. The van der Waals surface area contributed by atoms with Crippen LogP contribution in [0.1, 0.15) is 6.92 Å². The van der Waals surface area contributed by atoms with E-state index in [1.165, 1.54) is 6.07 Å². The van der Waals surface area contributed by atoms with Gasteiger partial charge in [0.25, 0.3) is 0 Å². The van der Waals surface area contributed by atoms with Crippen molar-refractivity contribution < 1.29 is 4.39 Å². The number of anilines is 1. The quantitative estimate of drug-likeness (QED) is 0.787. The molecular formula is C11H11FN2. The summed E-state index contributed by atoms with van der Waals surface area (Å²) < 4.78 is 13.4. The maximum atomic E-state index is 13.4.